The van der Waals surface area contributed by atoms with Gasteiger partial charge in [-0.1, -0.05) is 18.2 Å². The fraction of sp³-hybridized carbons (Fsp3) is 0.235. The van der Waals surface area contributed by atoms with Crippen molar-refractivity contribution < 1.29 is 19.2 Å². The summed E-state index contributed by atoms with van der Waals surface area (Å²) >= 11 is 0. The highest BCUT2D eigenvalue weighted by atomic mass is 16.6. The Kier molecular flexibility index (Phi) is 4.43. The van der Waals surface area contributed by atoms with Crippen molar-refractivity contribution in [2.24, 2.45) is 0 Å². The van der Waals surface area contributed by atoms with Gasteiger partial charge in [0.25, 0.3) is 5.91 Å². The lowest BCUT2D eigenvalue weighted by Crippen LogP contribution is -2.26. The number of carbonyl (C=O) groups is 1. The number of epoxide rings is 1. The van der Waals surface area contributed by atoms with Gasteiger partial charge in [-0.05, 0) is 24.3 Å². The van der Waals surface area contributed by atoms with E-state index in [1.54, 1.807) is 19.2 Å². The zero-order valence-corrected chi connectivity index (χ0v) is 13.0. The number of para-hydroxylation sites is 1. The fourth-order valence-corrected chi connectivity index (χ4v) is 2.22. The molecule has 7 heteroatoms. The van der Waals surface area contributed by atoms with Crippen LogP contribution in [0.15, 0.2) is 48.5 Å². The van der Waals surface area contributed by atoms with Crippen LogP contribution in [0.3, 0.4) is 0 Å². The molecule has 1 heterocycles. The summed E-state index contributed by atoms with van der Waals surface area (Å²) in [7, 11) is 1.62. The number of nitro groups is 1. The monoisotopic (exact) mass is 328 g/mol. The summed E-state index contributed by atoms with van der Waals surface area (Å²) in [5.74, 6) is -0.198. The zero-order chi connectivity index (χ0) is 17.1. The van der Waals surface area contributed by atoms with E-state index in [2.05, 4.69) is 0 Å². The Labute approximate surface area is 138 Å². The molecule has 1 amide bonds. The minimum absolute atomic E-state index is 0.00451. The van der Waals surface area contributed by atoms with E-state index in [0.717, 1.165) is 0 Å². The molecular formula is C17H16N2O5. The van der Waals surface area contributed by atoms with Crippen LogP contribution >= 0.6 is 0 Å². The molecular weight excluding hydrogens is 312 g/mol. The molecule has 7 nitrogen and oxygen atoms in total. The normalized spacial score (nSPS) is 15.6. The van der Waals surface area contributed by atoms with E-state index in [4.69, 9.17) is 9.47 Å². The van der Waals surface area contributed by atoms with Gasteiger partial charge in [0.2, 0.25) is 0 Å². The average Bonchev–Trinajstić information content (AvgIpc) is 3.43. The number of rotatable bonds is 6. The van der Waals surface area contributed by atoms with Crippen molar-refractivity contribution in [2.45, 2.75) is 6.10 Å². The number of ether oxygens (including phenoxy) is 2. The van der Waals surface area contributed by atoms with E-state index in [0.29, 0.717) is 12.3 Å². The largest absolute Gasteiger partial charge is 0.484 e. The second kappa shape index (κ2) is 6.67. The molecule has 1 aliphatic heterocycles. The fourth-order valence-electron chi connectivity index (χ4n) is 2.22. The molecule has 0 bridgehead atoms. The van der Waals surface area contributed by atoms with Crippen molar-refractivity contribution in [1.82, 2.24) is 0 Å². The van der Waals surface area contributed by atoms with Crippen molar-refractivity contribution in [3.8, 4) is 5.75 Å². The first-order valence-electron chi connectivity index (χ1n) is 7.42. The summed E-state index contributed by atoms with van der Waals surface area (Å²) in [6.45, 7) is 0.865. The second-order valence-corrected chi connectivity index (χ2v) is 5.41. The van der Waals surface area contributed by atoms with Crippen molar-refractivity contribution >= 4 is 17.3 Å². The molecule has 1 fully saturated rings. The van der Waals surface area contributed by atoms with Gasteiger partial charge in [0.15, 0.2) is 5.75 Å². The van der Waals surface area contributed by atoms with E-state index in [-0.39, 0.29) is 35.6 Å². The second-order valence-electron chi connectivity index (χ2n) is 5.41. The van der Waals surface area contributed by atoms with Gasteiger partial charge in [-0.15, -0.1) is 0 Å². The molecule has 0 saturated carbocycles. The Morgan fingerprint density at radius 2 is 2.04 bits per heavy atom. The van der Waals surface area contributed by atoms with Gasteiger partial charge in [0.05, 0.1) is 11.5 Å². The van der Waals surface area contributed by atoms with Crippen molar-refractivity contribution in [3.05, 3.63) is 64.2 Å². The molecule has 0 radical (unpaired) electrons. The lowest BCUT2D eigenvalue weighted by molar-refractivity contribution is -0.385. The Morgan fingerprint density at radius 1 is 1.33 bits per heavy atom. The average molecular weight is 328 g/mol. The molecule has 2 aromatic carbocycles. The number of amides is 1. The van der Waals surface area contributed by atoms with Gasteiger partial charge in [-0.2, -0.15) is 0 Å². The number of anilines is 1. The predicted molar refractivity (Wildman–Crippen MR) is 87.5 cm³/mol. The molecule has 1 saturated heterocycles. The Hall–Kier alpha value is -2.93. The summed E-state index contributed by atoms with van der Waals surface area (Å²) in [4.78, 5) is 24.7. The molecule has 0 aromatic heterocycles. The molecule has 1 aliphatic rings. The summed E-state index contributed by atoms with van der Waals surface area (Å²) in [5, 5.41) is 11.3. The third-order valence-electron chi connectivity index (χ3n) is 3.68. The lowest BCUT2D eigenvalue weighted by Gasteiger charge is -2.17. The number of nitrogens with zero attached hydrogens (tertiary/aromatic N) is 2. The number of hydrogen-bond donors (Lipinski definition) is 0. The third-order valence-corrected chi connectivity index (χ3v) is 3.68. The van der Waals surface area contributed by atoms with Crippen LogP contribution in [0.25, 0.3) is 0 Å². The molecule has 0 aliphatic carbocycles. The van der Waals surface area contributed by atoms with Crippen molar-refractivity contribution in [3.63, 3.8) is 0 Å². The van der Waals surface area contributed by atoms with Gasteiger partial charge in [-0.3, -0.25) is 14.9 Å². The van der Waals surface area contributed by atoms with Crippen LogP contribution < -0.4 is 9.64 Å². The van der Waals surface area contributed by atoms with E-state index in [1.807, 2.05) is 18.2 Å². The highest BCUT2D eigenvalue weighted by Gasteiger charge is 2.26. The quantitative estimate of drug-likeness (QED) is 0.462. The van der Waals surface area contributed by atoms with Gasteiger partial charge in [0, 0.05) is 24.4 Å². The minimum Gasteiger partial charge on any atom is -0.484 e. The maximum atomic E-state index is 12.5. The van der Waals surface area contributed by atoms with E-state index < -0.39 is 4.92 Å². The smallest absolute Gasteiger partial charge is 0.311 e. The van der Waals surface area contributed by atoms with Crippen LogP contribution in [0.2, 0.25) is 0 Å². The Balaban J connectivity index is 1.83. The minimum atomic E-state index is -0.553. The molecule has 3 rings (SSSR count). The SMILES string of the molecule is CN(C(=O)c1ccc(OCC2CO2)c([N+](=O)[O-])c1)c1ccccc1. The van der Waals surface area contributed by atoms with Gasteiger partial charge >= 0.3 is 5.69 Å². The summed E-state index contributed by atoms with van der Waals surface area (Å²) in [6, 6.07) is 13.3. The molecule has 1 atom stereocenters. The van der Waals surface area contributed by atoms with Gasteiger partial charge < -0.3 is 14.4 Å². The summed E-state index contributed by atoms with van der Waals surface area (Å²) in [6.07, 6.45) is -0.00451. The molecule has 24 heavy (non-hydrogen) atoms. The lowest BCUT2D eigenvalue weighted by atomic mass is 10.1. The maximum Gasteiger partial charge on any atom is 0.311 e. The maximum absolute atomic E-state index is 12.5. The first kappa shape index (κ1) is 15.9. The topological polar surface area (TPSA) is 85.2 Å². The summed E-state index contributed by atoms with van der Waals surface area (Å²) in [5.41, 5.74) is 0.697. The molecule has 1 unspecified atom stereocenters. The first-order chi connectivity index (χ1) is 11.6. The third kappa shape index (κ3) is 3.52. The molecule has 2 aromatic rings. The van der Waals surface area contributed by atoms with Crippen LogP contribution in [-0.2, 0) is 4.74 Å². The van der Waals surface area contributed by atoms with E-state index in [1.165, 1.54) is 23.1 Å². The van der Waals surface area contributed by atoms with Crippen LogP contribution in [0.4, 0.5) is 11.4 Å². The van der Waals surface area contributed by atoms with Crippen LogP contribution in [0.1, 0.15) is 10.4 Å². The molecule has 0 N–H and O–H groups in total. The van der Waals surface area contributed by atoms with Crippen LogP contribution in [-0.4, -0.2) is 37.2 Å². The Bertz CT molecular complexity index is 759. The van der Waals surface area contributed by atoms with Crippen LogP contribution in [0, 0.1) is 10.1 Å². The van der Waals surface area contributed by atoms with Crippen molar-refractivity contribution in [1.29, 1.82) is 0 Å². The highest BCUT2D eigenvalue weighted by molar-refractivity contribution is 6.06. The van der Waals surface area contributed by atoms with E-state index >= 15 is 0 Å². The number of carbonyl (C=O) groups excluding carboxylic acids is 1. The van der Waals surface area contributed by atoms with Crippen LogP contribution in [0.5, 0.6) is 5.75 Å². The number of benzene rings is 2. The zero-order valence-electron chi connectivity index (χ0n) is 13.0. The highest BCUT2D eigenvalue weighted by Crippen LogP contribution is 2.29. The summed E-state index contributed by atoms with van der Waals surface area (Å²) < 4.78 is 10.4. The standard InChI is InChI=1S/C17H16N2O5/c1-18(13-5-3-2-4-6-13)17(20)12-7-8-16(15(9-12)19(21)22)24-11-14-10-23-14/h2-9,14H,10-11H2,1H3. The Morgan fingerprint density at radius 3 is 2.67 bits per heavy atom. The predicted octanol–water partition coefficient (Wildman–Crippen LogP) is 2.65. The van der Waals surface area contributed by atoms with E-state index in [9.17, 15) is 14.9 Å². The number of hydrogen-bond acceptors (Lipinski definition) is 5. The number of nitro benzene ring substituents is 1. The molecule has 124 valence electrons. The first-order valence-corrected chi connectivity index (χ1v) is 7.42. The van der Waals surface area contributed by atoms with Gasteiger partial charge in [-0.25, -0.2) is 0 Å². The van der Waals surface area contributed by atoms with Gasteiger partial charge in [0.1, 0.15) is 12.7 Å². The van der Waals surface area contributed by atoms with Crippen molar-refractivity contribution in [2.75, 3.05) is 25.2 Å². The molecule has 0 spiro atoms.